The Morgan fingerprint density at radius 3 is 2.27 bits per heavy atom. The first kappa shape index (κ1) is 31.9. The average Bonchev–Trinajstić information content (AvgIpc) is 3.58. The molecule has 3 aliphatic rings. The SMILES string of the molecule is COc1cc(F)c(C2CCC(C(C)=O)CC2)cc1C(=O)N[C@@H]1[C@H]2CC[C@H](C2)[C@@H]1C(=O)Nc1cccc(S(=O)(=O)C(F)(F)F)c1. The van der Waals surface area contributed by atoms with E-state index in [9.17, 15) is 36.0 Å². The fourth-order valence-electron chi connectivity index (χ4n) is 7.25. The molecule has 44 heavy (non-hydrogen) atoms. The van der Waals surface area contributed by atoms with Crippen LogP contribution in [0.25, 0.3) is 0 Å². The lowest BCUT2D eigenvalue weighted by Crippen LogP contribution is -2.48. The van der Waals surface area contributed by atoms with Crippen molar-refractivity contribution in [3.05, 3.63) is 53.3 Å². The summed E-state index contributed by atoms with van der Waals surface area (Å²) >= 11 is 0. The van der Waals surface area contributed by atoms with Gasteiger partial charge in [-0.05, 0) is 99.5 Å². The Morgan fingerprint density at radius 1 is 0.955 bits per heavy atom. The van der Waals surface area contributed by atoms with Crippen LogP contribution >= 0.6 is 0 Å². The highest BCUT2D eigenvalue weighted by atomic mass is 32.2. The molecule has 238 valence electrons. The third kappa shape index (κ3) is 6.07. The Labute approximate surface area is 252 Å². The van der Waals surface area contributed by atoms with Gasteiger partial charge in [0, 0.05) is 23.7 Å². The lowest BCUT2D eigenvalue weighted by atomic mass is 9.77. The zero-order valence-corrected chi connectivity index (χ0v) is 25.1. The molecule has 13 heteroatoms. The van der Waals surface area contributed by atoms with E-state index in [1.807, 2.05) is 0 Å². The number of hydrogen-bond donors (Lipinski definition) is 2. The van der Waals surface area contributed by atoms with Gasteiger partial charge in [0.2, 0.25) is 5.91 Å². The van der Waals surface area contributed by atoms with E-state index in [-0.39, 0.29) is 46.5 Å². The Balaban J connectivity index is 1.35. The maximum Gasteiger partial charge on any atom is 0.501 e. The third-order valence-electron chi connectivity index (χ3n) is 9.54. The van der Waals surface area contributed by atoms with E-state index in [0.29, 0.717) is 37.7 Å². The molecule has 2 amide bonds. The number of anilines is 1. The molecule has 3 saturated carbocycles. The summed E-state index contributed by atoms with van der Waals surface area (Å²) in [6.45, 7) is 1.56. The number of alkyl halides is 3. The Kier molecular flexibility index (Phi) is 8.80. The molecule has 0 aliphatic heterocycles. The summed E-state index contributed by atoms with van der Waals surface area (Å²) in [5, 5.41) is 5.50. The summed E-state index contributed by atoms with van der Waals surface area (Å²) in [6, 6.07) is 6.02. The van der Waals surface area contributed by atoms with Crippen LogP contribution in [0.15, 0.2) is 41.3 Å². The second-order valence-corrected chi connectivity index (χ2v) is 14.0. The second kappa shape index (κ2) is 12.1. The molecule has 0 spiro atoms. The van der Waals surface area contributed by atoms with E-state index in [2.05, 4.69) is 10.6 Å². The Bertz CT molecular complexity index is 1570. The van der Waals surface area contributed by atoms with Crippen LogP contribution in [0.1, 0.15) is 73.7 Å². The van der Waals surface area contributed by atoms with Crippen molar-refractivity contribution in [1.29, 1.82) is 0 Å². The molecular weight excluding hydrogens is 604 g/mol. The summed E-state index contributed by atoms with van der Waals surface area (Å²) in [4.78, 5) is 37.9. The van der Waals surface area contributed by atoms with E-state index < -0.39 is 49.8 Å². The van der Waals surface area contributed by atoms with Gasteiger partial charge < -0.3 is 15.4 Å². The van der Waals surface area contributed by atoms with Crippen molar-refractivity contribution in [2.75, 3.05) is 12.4 Å². The van der Waals surface area contributed by atoms with Crippen molar-refractivity contribution in [1.82, 2.24) is 5.32 Å². The molecule has 8 nitrogen and oxygen atoms in total. The lowest BCUT2D eigenvalue weighted by molar-refractivity contribution is -0.122. The van der Waals surface area contributed by atoms with Crippen molar-refractivity contribution in [3.8, 4) is 5.75 Å². The van der Waals surface area contributed by atoms with Gasteiger partial charge >= 0.3 is 5.51 Å². The molecule has 0 heterocycles. The fourth-order valence-corrected chi connectivity index (χ4v) is 8.05. The summed E-state index contributed by atoms with van der Waals surface area (Å²) in [5.74, 6) is -2.49. The maximum absolute atomic E-state index is 15.2. The molecule has 4 atom stereocenters. The third-order valence-corrected chi connectivity index (χ3v) is 11.0. The van der Waals surface area contributed by atoms with Gasteiger partial charge in [-0.2, -0.15) is 13.2 Å². The first-order chi connectivity index (χ1) is 20.7. The molecule has 0 unspecified atom stereocenters. The number of hydrogen-bond acceptors (Lipinski definition) is 6. The fraction of sp³-hybridized carbons (Fsp3) is 0.516. The number of halogens is 4. The van der Waals surface area contributed by atoms with Gasteiger partial charge in [0.1, 0.15) is 17.3 Å². The van der Waals surface area contributed by atoms with Crippen molar-refractivity contribution in [2.24, 2.45) is 23.7 Å². The highest BCUT2D eigenvalue weighted by molar-refractivity contribution is 7.92. The summed E-state index contributed by atoms with van der Waals surface area (Å²) in [6.07, 6.45) is 4.65. The molecule has 3 fully saturated rings. The number of amides is 2. The molecule has 2 N–H and O–H groups in total. The second-order valence-electron chi connectivity index (χ2n) is 12.1. The molecule has 0 aromatic heterocycles. The zero-order chi connectivity index (χ0) is 32.0. The number of ketones is 1. The van der Waals surface area contributed by atoms with Crippen LogP contribution in [-0.4, -0.2) is 44.7 Å². The Hall–Kier alpha value is -3.48. The van der Waals surface area contributed by atoms with Crippen LogP contribution in [-0.2, 0) is 19.4 Å². The van der Waals surface area contributed by atoms with Gasteiger partial charge in [-0.3, -0.25) is 14.4 Å². The summed E-state index contributed by atoms with van der Waals surface area (Å²) in [5.41, 5.74) is -5.12. The van der Waals surface area contributed by atoms with Gasteiger partial charge in [0.25, 0.3) is 15.7 Å². The van der Waals surface area contributed by atoms with E-state index in [4.69, 9.17) is 4.74 Å². The molecule has 5 rings (SSSR count). The lowest BCUT2D eigenvalue weighted by Gasteiger charge is -2.31. The molecule has 0 saturated heterocycles. The van der Waals surface area contributed by atoms with Crippen molar-refractivity contribution < 1.29 is 45.1 Å². The number of Topliss-reactive ketones (excluding diaryl/α,β-unsaturated/α-hetero) is 1. The van der Waals surface area contributed by atoms with Crippen LogP contribution in [0, 0.1) is 29.5 Å². The first-order valence-electron chi connectivity index (χ1n) is 14.6. The van der Waals surface area contributed by atoms with Crippen molar-refractivity contribution in [3.63, 3.8) is 0 Å². The van der Waals surface area contributed by atoms with Gasteiger partial charge in [-0.15, -0.1) is 0 Å². The molecular formula is C31H34F4N2O6S. The predicted molar refractivity (Wildman–Crippen MR) is 152 cm³/mol. The number of benzene rings is 2. The van der Waals surface area contributed by atoms with Gasteiger partial charge in [-0.25, -0.2) is 12.8 Å². The summed E-state index contributed by atoms with van der Waals surface area (Å²) < 4.78 is 83.4. The quantitative estimate of drug-likeness (QED) is 0.355. The topological polar surface area (TPSA) is 119 Å². The van der Waals surface area contributed by atoms with Gasteiger partial charge in [0.05, 0.1) is 23.5 Å². The van der Waals surface area contributed by atoms with Crippen LogP contribution in [0.3, 0.4) is 0 Å². The normalized spacial score (nSPS) is 26.7. The van der Waals surface area contributed by atoms with Crippen molar-refractivity contribution in [2.45, 2.75) is 74.2 Å². The highest BCUT2D eigenvalue weighted by Crippen LogP contribution is 2.49. The number of carbonyl (C=O) groups excluding carboxylic acids is 3. The minimum absolute atomic E-state index is 0.0237. The average molecular weight is 639 g/mol. The van der Waals surface area contributed by atoms with Crippen LogP contribution in [0.2, 0.25) is 0 Å². The van der Waals surface area contributed by atoms with E-state index in [0.717, 1.165) is 31.0 Å². The number of rotatable bonds is 8. The van der Waals surface area contributed by atoms with E-state index >= 15 is 4.39 Å². The minimum atomic E-state index is -5.61. The van der Waals surface area contributed by atoms with Crippen LogP contribution in [0.4, 0.5) is 23.2 Å². The van der Waals surface area contributed by atoms with E-state index in [1.54, 1.807) is 6.92 Å². The van der Waals surface area contributed by atoms with Crippen LogP contribution < -0.4 is 15.4 Å². The standard InChI is InChI=1S/C31H34F4N2O6S/c1-16(38)17-6-8-18(9-7-17)23-14-24(26(43-2)15-25(23)32)29(39)37-28-20-11-10-19(12-20)27(28)30(40)36-21-4-3-5-22(13-21)44(41,42)31(33,34)35/h3-5,13-15,17-20,27-28H,6-12H2,1-2H3,(H,36,40)(H,37,39)/t17?,18?,19-,20+,27+,28-/m1/s1. The number of ether oxygens (including phenoxy) is 1. The molecule has 2 bridgehead atoms. The van der Waals surface area contributed by atoms with E-state index in [1.165, 1.54) is 25.3 Å². The van der Waals surface area contributed by atoms with Gasteiger partial charge in [0.15, 0.2) is 0 Å². The summed E-state index contributed by atoms with van der Waals surface area (Å²) in [7, 11) is -4.29. The molecule has 3 aliphatic carbocycles. The van der Waals surface area contributed by atoms with Crippen molar-refractivity contribution >= 4 is 33.1 Å². The van der Waals surface area contributed by atoms with Gasteiger partial charge in [-0.1, -0.05) is 6.07 Å². The zero-order valence-electron chi connectivity index (χ0n) is 24.2. The monoisotopic (exact) mass is 638 g/mol. The number of methoxy groups -OCH3 is 1. The number of sulfone groups is 1. The highest BCUT2D eigenvalue weighted by Gasteiger charge is 2.52. The largest absolute Gasteiger partial charge is 0.501 e. The minimum Gasteiger partial charge on any atom is -0.496 e. The smallest absolute Gasteiger partial charge is 0.496 e. The number of fused-ring (bicyclic) bond motifs is 2. The molecule has 2 aromatic carbocycles. The molecule has 2 aromatic rings. The Morgan fingerprint density at radius 2 is 1.64 bits per heavy atom. The first-order valence-corrected chi connectivity index (χ1v) is 16.1. The predicted octanol–water partition coefficient (Wildman–Crippen LogP) is 5.77. The number of carbonyl (C=O) groups is 3. The molecule has 0 radical (unpaired) electrons. The maximum atomic E-state index is 15.2. The number of nitrogens with one attached hydrogen (secondary N) is 2. The van der Waals surface area contributed by atoms with Crippen LogP contribution in [0.5, 0.6) is 5.75 Å².